The van der Waals surface area contributed by atoms with Gasteiger partial charge in [0.2, 0.25) is 17.7 Å². The van der Waals surface area contributed by atoms with Gasteiger partial charge in [-0.1, -0.05) is 32.4 Å². The number of amides is 3. The molecule has 3 fully saturated rings. The molecule has 35 heavy (non-hydrogen) atoms. The number of thioether (sulfide) groups is 1. The van der Waals surface area contributed by atoms with Crippen molar-refractivity contribution < 1.29 is 19.5 Å². The van der Waals surface area contributed by atoms with E-state index in [4.69, 9.17) is 11.6 Å². The molecule has 0 aliphatic carbocycles. The number of nitrogens with one attached hydrogen (secondary N) is 2. The average Bonchev–Trinajstić information content (AvgIpc) is 3.38. The number of aliphatic hydroxyl groups is 1. The Morgan fingerprint density at radius 3 is 2.51 bits per heavy atom. The number of carbonyl (C=O) groups is 3. The van der Waals surface area contributed by atoms with Gasteiger partial charge in [0.05, 0.1) is 29.2 Å². The first-order valence-electron chi connectivity index (χ1n) is 12.5. The highest BCUT2D eigenvalue weighted by molar-refractivity contribution is 8.02. The Hall–Kier alpha value is -1.77. The molecule has 1 aromatic rings. The minimum absolute atomic E-state index is 0.107. The van der Waals surface area contributed by atoms with Gasteiger partial charge >= 0.3 is 0 Å². The van der Waals surface area contributed by atoms with Crippen molar-refractivity contribution in [2.45, 2.75) is 75.0 Å². The molecular formula is C26H36ClN3O4S. The zero-order chi connectivity index (χ0) is 25.5. The lowest BCUT2D eigenvalue weighted by molar-refractivity contribution is -0.143. The number of hydrogen-bond acceptors (Lipinski definition) is 5. The van der Waals surface area contributed by atoms with E-state index < -0.39 is 33.4 Å². The molecule has 3 N–H and O–H groups in total. The van der Waals surface area contributed by atoms with Crippen molar-refractivity contribution in [1.29, 1.82) is 0 Å². The smallest absolute Gasteiger partial charge is 0.248 e. The number of benzene rings is 1. The summed E-state index contributed by atoms with van der Waals surface area (Å²) in [7, 11) is 0. The Bertz CT molecular complexity index is 989. The predicted octanol–water partition coefficient (Wildman–Crippen LogP) is 3.69. The van der Waals surface area contributed by atoms with Gasteiger partial charge in [-0.15, -0.1) is 11.8 Å². The van der Waals surface area contributed by atoms with Crippen LogP contribution >= 0.6 is 23.4 Å². The number of nitrogens with zero attached hydrogens (tertiary/aromatic N) is 1. The maximum Gasteiger partial charge on any atom is 0.248 e. The molecule has 1 aromatic carbocycles. The van der Waals surface area contributed by atoms with Crippen LogP contribution in [0.25, 0.3) is 0 Å². The normalized spacial score (nSPS) is 32.1. The van der Waals surface area contributed by atoms with Crippen LogP contribution in [-0.4, -0.2) is 62.5 Å². The third-order valence-electron chi connectivity index (χ3n) is 7.75. The number of rotatable bonds is 9. The maximum atomic E-state index is 14.1. The van der Waals surface area contributed by atoms with Gasteiger partial charge in [-0.05, 0) is 62.8 Å². The second-order valence-corrected chi connectivity index (χ2v) is 13.1. The molecule has 192 valence electrons. The van der Waals surface area contributed by atoms with E-state index in [0.717, 1.165) is 12.8 Å². The van der Waals surface area contributed by atoms with Crippen LogP contribution in [0.4, 0.5) is 5.69 Å². The summed E-state index contributed by atoms with van der Waals surface area (Å²) in [4.78, 5) is 43.0. The molecule has 4 rings (SSSR count). The Kier molecular flexibility index (Phi) is 7.47. The van der Waals surface area contributed by atoms with Crippen molar-refractivity contribution in [3.05, 3.63) is 29.3 Å². The molecule has 0 saturated carbocycles. The highest BCUT2D eigenvalue weighted by Gasteiger charge is 2.77. The van der Waals surface area contributed by atoms with E-state index in [1.54, 1.807) is 40.9 Å². The van der Waals surface area contributed by atoms with E-state index in [0.29, 0.717) is 30.1 Å². The number of likely N-dealkylation sites (tertiary alicyclic amines) is 1. The van der Waals surface area contributed by atoms with Gasteiger partial charge in [0, 0.05) is 22.0 Å². The van der Waals surface area contributed by atoms with E-state index in [9.17, 15) is 19.5 Å². The fourth-order valence-corrected chi connectivity index (χ4v) is 8.85. The second kappa shape index (κ2) is 9.94. The fraction of sp³-hybridized carbons (Fsp3) is 0.654. The lowest BCUT2D eigenvalue weighted by Crippen LogP contribution is -2.55. The van der Waals surface area contributed by atoms with E-state index in [-0.39, 0.29) is 30.2 Å². The SMILES string of the molecule is CCCNC(=O)[C@H]1[C@H]2C(=O)N([C@@H](CO)CC(C)C)C(C(=O)Nc3ccc(Cl)cc3)C23CC[C@]1(C)S3. The predicted molar refractivity (Wildman–Crippen MR) is 139 cm³/mol. The molecule has 6 atom stereocenters. The van der Waals surface area contributed by atoms with Gasteiger partial charge in [-0.3, -0.25) is 14.4 Å². The molecule has 1 spiro atoms. The van der Waals surface area contributed by atoms with Crippen LogP contribution < -0.4 is 10.6 Å². The van der Waals surface area contributed by atoms with Crippen molar-refractivity contribution in [2.24, 2.45) is 17.8 Å². The Morgan fingerprint density at radius 2 is 1.91 bits per heavy atom. The number of aliphatic hydroxyl groups excluding tert-OH is 1. The summed E-state index contributed by atoms with van der Waals surface area (Å²) < 4.78 is -1.11. The van der Waals surface area contributed by atoms with Crippen molar-refractivity contribution in [2.75, 3.05) is 18.5 Å². The minimum atomic E-state index is -0.776. The van der Waals surface area contributed by atoms with Gasteiger partial charge in [0.25, 0.3) is 0 Å². The molecule has 2 bridgehead atoms. The average molecular weight is 522 g/mol. The van der Waals surface area contributed by atoms with Gasteiger partial charge in [0.15, 0.2) is 0 Å². The molecule has 3 saturated heterocycles. The summed E-state index contributed by atoms with van der Waals surface area (Å²) in [6.07, 6.45) is 2.82. The first-order chi connectivity index (χ1) is 16.6. The van der Waals surface area contributed by atoms with E-state index in [1.165, 1.54) is 0 Å². The fourth-order valence-electron chi connectivity index (χ4n) is 6.38. The van der Waals surface area contributed by atoms with Crippen LogP contribution in [0.3, 0.4) is 0 Å². The van der Waals surface area contributed by atoms with E-state index in [2.05, 4.69) is 17.6 Å². The summed E-state index contributed by atoms with van der Waals surface area (Å²) in [6, 6.07) is 5.61. The summed E-state index contributed by atoms with van der Waals surface area (Å²) in [5, 5.41) is 16.9. The molecular weight excluding hydrogens is 486 g/mol. The maximum absolute atomic E-state index is 14.1. The van der Waals surface area contributed by atoms with E-state index >= 15 is 0 Å². The van der Waals surface area contributed by atoms with Gasteiger partial charge < -0.3 is 20.6 Å². The molecule has 3 aliphatic heterocycles. The van der Waals surface area contributed by atoms with Crippen LogP contribution in [0.2, 0.25) is 5.02 Å². The van der Waals surface area contributed by atoms with Crippen LogP contribution in [0.5, 0.6) is 0 Å². The van der Waals surface area contributed by atoms with E-state index in [1.807, 2.05) is 20.8 Å². The topological polar surface area (TPSA) is 98.7 Å². The van der Waals surface area contributed by atoms with Crippen LogP contribution in [-0.2, 0) is 14.4 Å². The van der Waals surface area contributed by atoms with Crippen molar-refractivity contribution in [1.82, 2.24) is 10.2 Å². The van der Waals surface area contributed by atoms with Crippen molar-refractivity contribution in [3.8, 4) is 0 Å². The largest absolute Gasteiger partial charge is 0.394 e. The second-order valence-electron chi connectivity index (χ2n) is 10.7. The molecule has 3 amide bonds. The lowest BCUT2D eigenvalue weighted by Gasteiger charge is -2.37. The molecule has 3 aliphatic rings. The van der Waals surface area contributed by atoms with Crippen LogP contribution in [0.15, 0.2) is 24.3 Å². The summed E-state index contributed by atoms with van der Waals surface area (Å²) >= 11 is 7.65. The minimum Gasteiger partial charge on any atom is -0.394 e. The Balaban J connectivity index is 1.75. The first-order valence-corrected chi connectivity index (χ1v) is 13.7. The third kappa shape index (κ3) is 4.46. The van der Waals surface area contributed by atoms with Gasteiger partial charge in [-0.25, -0.2) is 0 Å². The van der Waals surface area contributed by atoms with Crippen LogP contribution in [0, 0.1) is 17.8 Å². The summed E-state index contributed by atoms with van der Waals surface area (Å²) in [6.45, 7) is 8.45. The number of fused-ring (bicyclic) bond motifs is 1. The lowest BCUT2D eigenvalue weighted by atomic mass is 9.66. The van der Waals surface area contributed by atoms with Gasteiger partial charge in [0.1, 0.15) is 6.04 Å². The molecule has 9 heteroatoms. The highest BCUT2D eigenvalue weighted by Crippen LogP contribution is 2.71. The summed E-state index contributed by atoms with van der Waals surface area (Å²) in [5.41, 5.74) is 0.594. The monoisotopic (exact) mass is 521 g/mol. The number of anilines is 1. The van der Waals surface area contributed by atoms with Crippen molar-refractivity contribution in [3.63, 3.8) is 0 Å². The van der Waals surface area contributed by atoms with Gasteiger partial charge in [-0.2, -0.15) is 0 Å². The number of hydrogen-bond donors (Lipinski definition) is 3. The Labute approximate surface area is 216 Å². The van der Waals surface area contributed by atoms with Crippen LogP contribution in [0.1, 0.15) is 53.4 Å². The third-order valence-corrected chi connectivity index (χ3v) is 9.99. The van der Waals surface area contributed by atoms with Crippen molar-refractivity contribution >= 4 is 46.8 Å². The molecule has 0 radical (unpaired) electrons. The molecule has 7 nitrogen and oxygen atoms in total. The molecule has 0 aromatic heterocycles. The highest BCUT2D eigenvalue weighted by atomic mass is 35.5. The zero-order valence-corrected chi connectivity index (χ0v) is 22.4. The quantitative estimate of drug-likeness (QED) is 0.460. The molecule has 3 heterocycles. The zero-order valence-electron chi connectivity index (χ0n) is 20.8. The Morgan fingerprint density at radius 1 is 1.23 bits per heavy atom. The first kappa shape index (κ1) is 26.3. The molecule has 2 unspecified atom stereocenters. The number of carbonyl (C=O) groups excluding carboxylic acids is 3. The standard InChI is InChI=1S/C26H36ClN3O4S/c1-5-12-28-22(32)19-20-24(34)30(18(14-31)13-15(2)3)21(26(20)11-10-25(19,4)35-26)23(33)29-17-8-6-16(27)7-9-17/h6-9,15,18-21,31H,5,10-14H2,1-4H3,(H,28,32)(H,29,33)/t18-,19-,20+,21?,25+,26?/m1/s1. The summed E-state index contributed by atoms with van der Waals surface area (Å²) in [5.74, 6) is -1.45. The number of halogens is 1.